The molecule has 18 heavy (non-hydrogen) atoms. The lowest BCUT2D eigenvalue weighted by Gasteiger charge is -2.05. The van der Waals surface area contributed by atoms with Crippen molar-refractivity contribution in [2.75, 3.05) is 5.75 Å². The monoisotopic (exact) mass is 263 g/mol. The number of benzene rings is 1. The van der Waals surface area contributed by atoms with Gasteiger partial charge < -0.3 is 10.3 Å². The van der Waals surface area contributed by atoms with Gasteiger partial charge in [-0.05, 0) is 6.42 Å². The average molecular weight is 263 g/mol. The van der Waals surface area contributed by atoms with Crippen molar-refractivity contribution in [3.05, 3.63) is 36.2 Å². The quantitative estimate of drug-likeness (QED) is 0.868. The van der Waals surface area contributed by atoms with Crippen LogP contribution in [0.2, 0.25) is 0 Å². The molecular weight excluding hydrogens is 246 g/mol. The Labute approximate surface area is 111 Å². The van der Waals surface area contributed by atoms with E-state index in [2.05, 4.69) is 17.1 Å². The van der Waals surface area contributed by atoms with Crippen LogP contribution in [-0.4, -0.2) is 21.9 Å². The molecule has 96 valence electrons. The van der Waals surface area contributed by atoms with Crippen LogP contribution in [0.4, 0.5) is 0 Å². The fourth-order valence-corrected chi connectivity index (χ4v) is 2.38. The zero-order valence-electron chi connectivity index (χ0n) is 10.4. The smallest absolute Gasteiger partial charge is 0.236 e. The van der Waals surface area contributed by atoms with Crippen molar-refractivity contribution in [2.24, 2.45) is 5.73 Å². The van der Waals surface area contributed by atoms with E-state index in [1.54, 1.807) is 11.8 Å². The molecule has 4 nitrogen and oxygen atoms in total. The first-order valence-corrected chi connectivity index (χ1v) is 7.16. The molecule has 2 aromatic rings. The molecule has 0 aliphatic heterocycles. The normalized spacial score (nSPS) is 12.6. The number of nitrogens with two attached hydrogens (primary N) is 1. The second-order valence-corrected chi connectivity index (χ2v) is 5.09. The zero-order chi connectivity index (χ0) is 12.8. The Kier molecular flexibility index (Phi) is 4.78. The SMILES string of the molecule is CCC(N)CSCc1nc(-c2ccccc2)no1. The number of nitrogens with zero attached hydrogens (tertiary/aromatic N) is 2. The molecular formula is C13H17N3OS. The molecule has 2 N–H and O–H groups in total. The minimum Gasteiger partial charge on any atom is -0.338 e. The molecule has 0 amide bonds. The molecule has 1 unspecified atom stereocenters. The summed E-state index contributed by atoms with van der Waals surface area (Å²) in [5, 5.41) is 3.97. The predicted octanol–water partition coefficient (Wildman–Crippen LogP) is 2.71. The van der Waals surface area contributed by atoms with Crippen molar-refractivity contribution >= 4 is 11.8 Å². The summed E-state index contributed by atoms with van der Waals surface area (Å²) in [5.74, 6) is 2.93. The summed E-state index contributed by atoms with van der Waals surface area (Å²) in [6.45, 7) is 2.09. The Hall–Kier alpha value is -1.33. The van der Waals surface area contributed by atoms with Crippen LogP contribution in [0.25, 0.3) is 11.4 Å². The van der Waals surface area contributed by atoms with Gasteiger partial charge in [0.15, 0.2) is 0 Å². The number of aromatic nitrogens is 2. The Morgan fingerprint density at radius 2 is 2.11 bits per heavy atom. The molecule has 0 fully saturated rings. The molecule has 0 saturated carbocycles. The number of hydrogen-bond acceptors (Lipinski definition) is 5. The fourth-order valence-electron chi connectivity index (χ4n) is 1.43. The van der Waals surface area contributed by atoms with Gasteiger partial charge in [-0.3, -0.25) is 0 Å². The number of hydrogen-bond donors (Lipinski definition) is 1. The molecule has 1 aromatic heterocycles. The van der Waals surface area contributed by atoms with Crippen LogP contribution in [0, 0.1) is 0 Å². The standard InChI is InChI=1S/C13H17N3OS/c1-2-11(14)8-18-9-12-15-13(16-17-12)10-6-4-3-5-7-10/h3-7,11H,2,8-9,14H2,1H3. The average Bonchev–Trinajstić information content (AvgIpc) is 2.88. The minimum absolute atomic E-state index is 0.242. The first kappa shape index (κ1) is 13.1. The van der Waals surface area contributed by atoms with E-state index in [1.165, 1.54) is 0 Å². The Morgan fingerprint density at radius 1 is 1.33 bits per heavy atom. The summed E-state index contributed by atoms with van der Waals surface area (Å²) in [6.07, 6.45) is 0.992. The molecule has 0 aliphatic carbocycles. The second kappa shape index (κ2) is 6.56. The van der Waals surface area contributed by atoms with Gasteiger partial charge >= 0.3 is 0 Å². The van der Waals surface area contributed by atoms with Crippen LogP contribution in [-0.2, 0) is 5.75 Å². The summed E-state index contributed by atoms with van der Waals surface area (Å²) in [5.41, 5.74) is 6.82. The van der Waals surface area contributed by atoms with Crippen LogP contribution in [0.1, 0.15) is 19.2 Å². The summed E-state index contributed by atoms with van der Waals surface area (Å²) in [6, 6.07) is 10.1. The van der Waals surface area contributed by atoms with Gasteiger partial charge in [0.05, 0.1) is 5.75 Å². The van der Waals surface area contributed by atoms with Gasteiger partial charge in [-0.15, -0.1) is 0 Å². The summed E-state index contributed by atoms with van der Waals surface area (Å²) in [7, 11) is 0. The minimum atomic E-state index is 0.242. The summed E-state index contributed by atoms with van der Waals surface area (Å²) < 4.78 is 5.21. The maximum Gasteiger partial charge on any atom is 0.236 e. The Bertz CT molecular complexity index is 472. The van der Waals surface area contributed by atoms with Crippen molar-refractivity contribution in [2.45, 2.75) is 25.1 Å². The van der Waals surface area contributed by atoms with Crippen LogP contribution in [0.5, 0.6) is 0 Å². The molecule has 1 aromatic carbocycles. The fraction of sp³-hybridized carbons (Fsp3) is 0.385. The van der Waals surface area contributed by atoms with Gasteiger partial charge in [-0.2, -0.15) is 16.7 Å². The third-order valence-electron chi connectivity index (χ3n) is 2.58. The van der Waals surface area contributed by atoms with E-state index in [4.69, 9.17) is 10.3 Å². The molecule has 5 heteroatoms. The van der Waals surface area contributed by atoms with Gasteiger partial charge in [0.25, 0.3) is 0 Å². The number of thioether (sulfide) groups is 1. The van der Waals surface area contributed by atoms with E-state index in [1.807, 2.05) is 30.3 Å². The first-order valence-electron chi connectivity index (χ1n) is 6.01. The maximum absolute atomic E-state index is 5.85. The highest BCUT2D eigenvalue weighted by atomic mass is 32.2. The van der Waals surface area contributed by atoms with Crippen LogP contribution >= 0.6 is 11.8 Å². The highest BCUT2D eigenvalue weighted by Gasteiger charge is 2.08. The van der Waals surface area contributed by atoms with Gasteiger partial charge in [0.1, 0.15) is 0 Å². The van der Waals surface area contributed by atoms with E-state index in [-0.39, 0.29) is 6.04 Å². The predicted molar refractivity (Wildman–Crippen MR) is 74.2 cm³/mol. The molecule has 0 spiro atoms. The van der Waals surface area contributed by atoms with Gasteiger partial charge in [-0.25, -0.2) is 0 Å². The second-order valence-electron chi connectivity index (χ2n) is 4.06. The third-order valence-corrected chi connectivity index (χ3v) is 3.70. The highest BCUT2D eigenvalue weighted by molar-refractivity contribution is 7.98. The van der Waals surface area contributed by atoms with Crippen molar-refractivity contribution in [3.8, 4) is 11.4 Å². The molecule has 0 bridgehead atoms. The Morgan fingerprint density at radius 3 is 2.83 bits per heavy atom. The van der Waals surface area contributed by atoms with Crippen LogP contribution < -0.4 is 5.73 Å². The molecule has 0 aliphatic rings. The van der Waals surface area contributed by atoms with Crippen molar-refractivity contribution in [1.82, 2.24) is 10.1 Å². The molecule has 2 rings (SSSR count). The largest absolute Gasteiger partial charge is 0.338 e. The Balaban J connectivity index is 1.91. The third kappa shape index (κ3) is 3.58. The maximum atomic E-state index is 5.85. The first-order chi connectivity index (χ1) is 8.79. The molecule has 0 saturated heterocycles. The van der Waals surface area contributed by atoms with E-state index < -0.39 is 0 Å². The van der Waals surface area contributed by atoms with Crippen LogP contribution in [0.15, 0.2) is 34.9 Å². The van der Waals surface area contributed by atoms with Gasteiger partial charge in [0.2, 0.25) is 11.7 Å². The zero-order valence-corrected chi connectivity index (χ0v) is 11.2. The van der Waals surface area contributed by atoms with Gasteiger partial charge in [0, 0.05) is 17.4 Å². The highest BCUT2D eigenvalue weighted by Crippen LogP contribution is 2.17. The van der Waals surface area contributed by atoms with E-state index >= 15 is 0 Å². The molecule has 1 atom stereocenters. The van der Waals surface area contributed by atoms with Gasteiger partial charge in [-0.1, -0.05) is 42.4 Å². The summed E-state index contributed by atoms with van der Waals surface area (Å²) in [4.78, 5) is 4.36. The van der Waals surface area contributed by atoms with E-state index in [0.717, 1.165) is 17.7 Å². The summed E-state index contributed by atoms with van der Waals surface area (Å²) >= 11 is 1.73. The van der Waals surface area contributed by atoms with E-state index in [0.29, 0.717) is 17.5 Å². The lowest BCUT2D eigenvalue weighted by atomic mass is 10.2. The lowest BCUT2D eigenvalue weighted by molar-refractivity contribution is 0.391. The van der Waals surface area contributed by atoms with Crippen molar-refractivity contribution < 1.29 is 4.52 Å². The lowest BCUT2D eigenvalue weighted by Crippen LogP contribution is -2.21. The van der Waals surface area contributed by atoms with Crippen molar-refractivity contribution in [3.63, 3.8) is 0 Å². The van der Waals surface area contributed by atoms with E-state index in [9.17, 15) is 0 Å². The number of rotatable bonds is 6. The topological polar surface area (TPSA) is 64.9 Å². The van der Waals surface area contributed by atoms with Crippen LogP contribution in [0.3, 0.4) is 0 Å². The molecule has 1 heterocycles. The molecule has 0 radical (unpaired) electrons. The van der Waals surface area contributed by atoms with Crippen molar-refractivity contribution in [1.29, 1.82) is 0 Å².